The molecule has 1 amide bonds. The molecule has 4 heteroatoms. The van der Waals surface area contributed by atoms with Crippen LogP contribution in [0, 0.1) is 5.92 Å². The van der Waals surface area contributed by atoms with E-state index in [9.17, 15) is 4.79 Å². The smallest absolute Gasteiger partial charge is 0.224 e. The maximum Gasteiger partial charge on any atom is 0.224 e. The highest BCUT2D eigenvalue weighted by molar-refractivity contribution is 5.79. The van der Waals surface area contributed by atoms with Crippen molar-refractivity contribution in [2.24, 2.45) is 11.7 Å². The van der Waals surface area contributed by atoms with Gasteiger partial charge in [0.2, 0.25) is 5.91 Å². The van der Waals surface area contributed by atoms with Crippen molar-refractivity contribution >= 4 is 5.91 Å². The maximum atomic E-state index is 11.9. The van der Waals surface area contributed by atoms with E-state index in [0.29, 0.717) is 6.54 Å². The number of hydrogen-bond acceptors (Lipinski definition) is 3. The third-order valence-corrected chi connectivity index (χ3v) is 2.84. The van der Waals surface area contributed by atoms with Gasteiger partial charge in [-0.15, -0.1) is 0 Å². The predicted octanol–water partition coefficient (Wildman–Crippen LogP) is 1.63. The van der Waals surface area contributed by atoms with Crippen LogP contribution in [-0.4, -0.2) is 17.4 Å². The van der Waals surface area contributed by atoms with Gasteiger partial charge in [-0.25, -0.2) is 0 Å². The van der Waals surface area contributed by atoms with E-state index in [4.69, 9.17) is 5.73 Å². The van der Waals surface area contributed by atoms with Crippen molar-refractivity contribution in [3.63, 3.8) is 0 Å². The van der Waals surface area contributed by atoms with Crippen molar-refractivity contribution in [2.75, 3.05) is 6.54 Å². The number of carbonyl (C=O) groups is 1. The van der Waals surface area contributed by atoms with Crippen LogP contribution in [0.15, 0.2) is 24.5 Å². The molecule has 0 spiro atoms. The van der Waals surface area contributed by atoms with Crippen molar-refractivity contribution < 1.29 is 4.79 Å². The minimum absolute atomic E-state index is 0.0258. The molecular formula is C13H21N3O. The lowest BCUT2D eigenvalue weighted by Gasteiger charge is -2.18. The summed E-state index contributed by atoms with van der Waals surface area (Å²) in [7, 11) is 0. The molecule has 0 aliphatic heterocycles. The van der Waals surface area contributed by atoms with E-state index in [2.05, 4.69) is 17.2 Å². The van der Waals surface area contributed by atoms with Gasteiger partial charge in [-0.05, 0) is 25.0 Å². The minimum atomic E-state index is -0.0841. The first-order chi connectivity index (χ1) is 8.19. The zero-order chi connectivity index (χ0) is 12.7. The predicted molar refractivity (Wildman–Crippen MR) is 68.2 cm³/mol. The summed E-state index contributed by atoms with van der Waals surface area (Å²) in [4.78, 5) is 16.0. The molecule has 0 aromatic carbocycles. The van der Waals surface area contributed by atoms with Crippen LogP contribution >= 0.6 is 0 Å². The number of carbonyl (C=O) groups excluding carboxylic acids is 1. The Bertz CT molecular complexity index is 340. The van der Waals surface area contributed by atoms with Crippen molar-refractivity contribution in [1.82, 2.24) is 10.3 Å². The van der Waals surface area contributed by atoms with Gasteiger partial charge in [0.15, 0.2) is 0 Å². The lowest BCUT2D eigenvalue weighted by atomic mass is 10.0. The van der Waals surface area contributed by atoms with E-state index in [1.807, 2.05) is 19.1 Å². The van der Waals surface area contributed by atoms with Crippen LogP contribution in [0.5, 0.6) is 0 Å². The molecule has 1 rings (SSSR count). The summed E-state index contributed by atoms with van der Waals surface area (Å²) < 4.78 is 0. The fourth-order valence-electron chi connectivity index (χ4n) is 1.75. The van der Waals surface area contributed by atoms with E-state index in [0.717, 1.165) is 18.4 Å². The number of rotatable bonds is 6. The third kappa shape index (κ3) is 4.15. The van der Waals surface area contributed by atoms with Gasteiger partial charge in [0.05, 0.1) is 12.0 Å². The number of amides is 1. The highest BCUT2D eigenvalue weighted by Gasteiger charge is 2.18. The van der Waals surface area contributed by atoms with Crippen LogP contribution in [0.1, 0.15) is 38.3 Å². The number of nitrogens with zero attached hydrogens (tertiary/aromatic N) is 1. The summed E-state index contributed by atoms with van der Waals surface area (Å²) in [6.07, 6.45) is 5.29. The zero-order valence-corrected chi connectivity index (χ0v) is 10.5. The number of nitrogens with two attached hydrogens (primary N) is 1. The largest absolute Gasteiger partial charge is 0.349 e. The van der Waals surface area contributed by atoms with Gasteiger partial charge in [0.25, 0.3) is 0 Å². The van der Waals surface area contributed by atoms with Gasteiger partial charge >= 0.3 is 0 Å². The van der Waals surface area contributed by atoms with Gasteiger partial charge in [-0.2, -0.15) is 0 Å². The Kier molecular flexibility index (Phi) is 5.63. The molecule has 1 aromatic rings. The first-order valence-corrected chi connectivity index (χ1v) is 6.09. The SMILES string of the molecule is CCCC(CN)C(=O)N[C@@H](C)c1cccnc1. The molecule has 0 aliphatic carbocycles. The number of pyridine rings is 1. The second kappa shape index (κ2) is 7.01. The van der Waals surface area contributed by atoms with Crippen LogP contribution in [-0.2, 0) is 4.79 Å². The van der Waals surface area contributed by atoms with E-state index < -0.39 is 0 Å². The molecule has 1 unspecified atom stereocenters. The molecule has 0 saturated heterocycles. The van der Waals surface area contributed by atoms with E-state index >= 15 is 0 Å². The molecular weight excluding hydrogens is 214 g/mol. The van der Waals surface area contributed by atoms with Gasteiger partial charge in [-0.3, -0.25) is 9.78 Å². The fraction of sp³-hybridized carbons (Fsp3) is 0.538. The second-order valence-electron chi connectivity index (χ2n) is 4.24. The summed E-state index contributed by atoms with van der Waals surface area (Å²) in [5.74, 6) is -0.0511. The summed E-state index contributed by atoms with van der Waals surface area (Å²) >= 11 is 0. The minimum Gasteiger partial charge on any atom is -0.349 e. The number of nitrogens with one attached hydrogen (secondary N) is 1. The zero-order valence-electron chi connectivity index (χ0n) is 10.5. The Balaban J connectivity index is 2.56. The Labute approximate surface area is 103 Å². The van der Waals surface area contributed by atoms with Crippen LogP contribution < -0.4 is 11.1 Å². The average molecular weight is 235 g/mol. The maximum absolute atomic E-state index is 11.9. The quantitative estimate of drug-likeness (QED) is 0.787. The van der Waals surface area contributed by atoms with Crippen molar-refractivity contribution in [2.45, 2.75) is 32.7 Å². The lowest BCUT2D eigenvalue weighted by Crippen LogP contribution is -2.36. The molecule has 0 radical (unpaired) electrons. The Morgan fingerprint density at radius 3 is 2.88 bits per heavy atom. The molecule has 3 N–H and O–H groups in total. The Morgan fingerprint density at radius 1 is 1.59 bits per heavy atom. The van der Waals surface area contributed by atoms with Gasteiger partial charge in [0.1, 0.15) is 0 Å². The van der Waals surface area contributed by atoms with Gasteiger partial charge < -0.3 is 11.1 Å². The topological polar surface area (TPSA) is 68.0 Å². The van der Waals surface area contributed by atoms with Crippen LogP contribution in [0.4, 0.5) is 0 Å². The molecule has 2 atom stereocenters. The highest BCUT2D eigenvalue weighted by Crippen LogP contribution is 2.12. The number of hydrogen-bond donors (Lipinski definition) is 2. The monoisotopic (exact) mass is 235 g/mol. The average Bonchev–Trinajstić information content (AvgIpc) is 2.36. The first kappa shape index (κ1) is 13.6. The van der Waals surface area contributed by atoms with Crippen LogP contribution in [0.3, 0.4) is 0 Å². The molecule has 94 valence electrons. The highest BCUT2D eigenvalue weighted by atomic mass is 16.1. The second-order valence-corrected chi connectivity index (χ2v) is 4.24. The fourth-order valence-corrected chi connectivity index (χ4v) is 1.75. The van der Waals surface area contributed by atoms with Crippen molar-refractivity contribution in [3.05, 3.63) is 30.1 Å². The van der Waals surface area contributed by atoms with Gasteiger partial charge in [0, 0.05) is 18.9 Å². The van der Waals surface area contributed by atoms with E-state index in [-0.39, 0.29) is 17.9 Å². The van der Waals surface area contributed by atoms with Crippen LogP contribution in [0.2, 0.25) is 0 Å². The van der Waals surface area contributed by atoms with Crippen LogP contribution in [0.25, 0.3) is 0 Å². The molecule has 17 heavy (non-hydrogen) atoms. The standard InChI is InChI=1S/C13H21N3O/c1-3-5-11(8-14)13(17)16-10(2)12-6-4-7-15-9-12/h4,6-7,9-11H,3,5,8,14H2,1-2H3,(H,16,17)/t10-,11?/m0/s1. The Hall–Kier alpha value is -1.42. The van der Waals surface area contributed by atoms with E-state index in [1.54, 1.807) is 12.4 Å². The lowest BCUT2D eigenvalue weighted by molar-refractivity contribution is -0.125. The molecule has 1 aromatic heterocycles. The molecule has 4 nitrogen and oxygen atoms in total. The number of aromatic nitrogens is 1. The summed E-state index contributed by atoms with van der Waals surface area (Å²) in [6, 6.07) is 3.79. The van der Waals surface area contributed by atoms with E-state index in [1.165, 1.54) is 0 Å². The third-order valence-electron chi connectivity index (χ3n) is 2.84. The van der Waals surface area contributed by atoms with Crippen molar-refractivity contribution in [1.29, 1.82) is 0 Å². The molecule has 0 fully saturated rings. The van der Waals surface area contributed by atoms with Gasteiger partial charge in [-0.1, -0.05) is 19.4 Å². The summed E-state index contributed by atoms with van der Waals surface area (Å²) in [5.41, 5.74) is 6.61. The summed E-state index contributed by atoms with van der Waals surface area (Å²) in [6.45, 7) is 4.41. The Morgan fingerprint density at radius 2 is 2.35 bits per heavy atom. The normalized spacial score (nSPS) is 14.1. The first-order valence-electron chi connectivity index (χ1n) is 6.09. The summed E-state index contributed by atoms with van der Waals surface area (Å²) in [5, 5.41) is 2.97. The molecule has 0 bridgehead atoms. The van der Waals surface area contributed by atoms with Crippen molar-refractivity contribution in [3.8, 4) is 0 Å². The molecule has 1 heterocycles. The molecule has 0 saturated carbocycles. The molecule has 0 aliphatic rings.